The monoisotopic (exact) mass is 324 g/mol. The first-order valence-electron chi connectivity index (χ1n) is 8.41. The van der Waals surface area contributed by atoms with Crippen molar-refractivity contribution in [2.45, 2.75) is 52.4 Å². The van der Waals surface area contributed by atoms with E-state index in [4.69, 9.17) is 14.0 Å². The summed E-state index contributed by atoms with van der Waals surface area (Å²) in [7, 11) is -0.318. The number of ether oxygens (including phenoxy) is 1. The minimum atomic E-state index is -0.318. The van der Waals surface area contributed by atoms with Crippen LogP contribution in [0.1, 0.15) is 38.8 Å². The summed E-state index contributed by atoms with van der Waals surface area (Å²) >= 11 is 0. The lowest BCUT2D eigenvalue weighted by molar-refractivity contribution is 0.00578. The molecule has 3 nitrogen and oxygen atoms in total. The van der Waals surface area contributed by atoms with Crippen LogP contribution < -0.4 is 10.2 Å². The van der Waals surface area contributed by atoms with E-state index >= 15 is 0 Å². The molecule has 24 heavy (non-hydrogen) atoms. The van der Waals surface area contributed by atoms with Crippen molar-refractivity contribution in [1.29, 1.82) is 0 Å². The van der Waals surface area contributed by atoms with E-state index in [9.17, 15) is 0 Å². The van der Waals surface area contributed by atoms with E-state index in [1.165, 1.54) is 5.56 Å². The fourth-order valence-corrected chi connectivity index (χ4v) is 2.55. The van der Waals surface area contributed by atoms with E-state index in [2.05, 4.69) is 71.0 Å². The summed E-state index contributed by atoms with van der Waals surface area (Å²) < 4.78 is 18.0. The summed E-state index contributed by atoms with van der Waals surface area (Å²) in [6, 6.07) is 16.3. The van der Waals surface area contributed by atoms with Gasteiger partial charge in [-0.1, -0.05) is 42.0 Å². The van der Waals surface area contributed by atoms with E-state index in [-0.39, 0.29) is 18.3 Å². The van der Waals surface area contributed by atoms with Crippen LogP contribution in [0.3, 0.4) is 0 Å². The van der Waals surface area contributed by atoms with Gasteiger partial charge in [0.1, 0.15) is 12.4 Å². The van der Waals surface area contributed by atoms with Crippen molar-refractivity contribution in [3.05, 3.63) is 59.7 Å². The molecule has 1 saturated heterocycles. The van der Waals surface area contributed by atoms with Gasteiger partial charge in [0.25, 0.3) is 0 Å². The maximum Gasteiger partial charge on any atom is 0.494 e. The Bertz CT molecular complexity index is 674. The summed E-state index contributed by atoms with van der Waals surface area (Å²) in [5.74, 6) is 0.885. The molecule has 0 radical (unpaired) electrons. The van der Waals surface area contributed by atoms with Crippen LogP contribution in [0.5, 0.6) is 5.75 Å². The van der Waals surface area contributed by atoms with Gasteiger partial charge in [-0.2, -0.15) is 0 Å². The van der Waals surface area contributed by atoms with E-state index in [1.54, 1.807) is 0 Å². The lowest BCUT2D eigenvalue weighted by atomic mass is 9.79. The van der Waals surface area contributed by atoms with Gasteiger partial charge < -0.3 is 14.0 Å². The summed E-state index contributed by atoms with van der Waals surface area (Å²) in [6.45, 7) is 10.9. The van der Waals surface area contributed by atoms with Crippen molar-refractivity contribution < 1.29 is 14.0 Å². The molecule has 126 valence electrons. The molecule has 0 atom stereocenters. The van der Waals surface area contributed by atoms with Crippen LogP contribution in [0.25, 0.3) is 0 Å². The Morgan fingerprint density at radius 2 is 1.38 bits per heavy atom. The summed E-state index contributed by atoms with van der Waals surface area (Å²) in [5.41, 5.74) is 2.76. The Kier molecular flexibility index (Phi) is 4.45. The Balaban J connectivity index is 1.63. The lowest BCUT2D eigenvalue weighted by Crippen LogP contribution is -2.41. The maximum atomic E-state index is 6.08. The average molecular weight is 324 g/mol. The van der Waals surface area contributed by atoms with Crippen molar-refractivity contribution in [3.8, 4) is 5.75 Å². The first-order valence-corrected chi connectivity index (χ1v) is 8.41. The maximum absolute atomic E-state index is 6.08. The van der Waals surface area contributed by atoms with Crippen LogP contribution in [-0.2, 0) is 15.9 Å². The fourth-order valence-electron chi connectivity index (χ4n) is 2.55. The van der Waals surface area contributed by atoms with Gasteiger partial charge >= 0.3 is 7.12 Å². The van der Waals surface area contributed by atoms with Gasteiger partial charge in [-0.15, -0.1) is 0 Å². The standard InChI is InChI=1S/C20H25BO3/c1-15-6-12-18(13-7-15)22-14-16-8-10-17(11-9-16)21-23-19(2,3)20(4,5)24-21/h6-13H,14H2,1-5H3. The van der Waals surface area contributed by atoms with Crippen molar-refractivity contribution in [2.75, 3.05) is 0 Å². The topological polar surface area (TPSA) is 27.7 Å². The highest BCUT2D eigenvalue weighted by molar-refractivity contribution is 6.62. The molecule has 1 fully saturated rings. The smallest absolute Gasteiger partial charge is 0.489 e. The fraction of sp³-hybridized carbons (Fsp3) is 0.400. The molecular formula is C20H25BO3. The van der Waals surface area contributed by atoms with Gasteiger partial charge in [0, 0.05) is 0 Å². The molecule has 1 aliphatic rings. The molecule has 0 spiro atoms. The molecule has 1 heterocycles. The number of hydrogen-bond donors (Lipinski definition) is 0. The molecule has 1 aliphatic heterocycles. The molecule has 0 N–H and O–H groups in total. The number of hydrogen-bond acceptors (Lipinski definition) is 3. The Labute approximate surface area is 145 Å². The second-order valence-electron chi connectivity index (χ2n) is 7.43. The quantitative estimate of drug-likeness (QED) is 0.799. The van der Waals surface area contributed by atoms with Crippen LogP contribution in [0.15, 0.2) is 48.5 Å². The van der Waals surface area contributed by atoms with Crippen LogP contribution >= 0.6 is 0 Å². The largest absolute Gasteiger partial charge is 0.494 e. The molecular weight excluding hydrogens is 299 g/mol. The van der Waals surface area contributed by atoms with Crippen molar-refractivity contribution in [3.63, 3.8) is 0 Å². The average Bonchev–Trinajstić information content (AvgIpc) is 2.75. The second-order valence-corrected chi connectivity index (χ2v) is 7.43. The molecule has 3 rings (SSSR count). The summed E-state index contributed by atoms with van der Waals surface area (Å²) in [6.07, 6.45) is 0. The van der Waals surface area contributed by atoms with E-state index in [0.29, 0.717) is 6.61 Å². The van der Waals surface area contributed by atoms with E-state index in [0.717, 1.165) is 16.8 Å². The molecule has 0 aromatic heterocycles. The highest BCUT2D eigenvalue weighted by atomic mass is 16.7. The van der Waals surface area contributed by atoms with E-state index < -0.39 is 0 Å². The highest BCUT2D eigenvalue weighted by Crippen LogP contribution is 2.36. The molecule has 4 heteroatoms. The third-order valence-electron chi connectivity index (χ3n) is 4.93. The zero-order valence-corrected chi connectivity index (χ0v) is 15.1. The van der Waals surface area contributed by atoms with E-state index in [1.807, 2.05) is 12.1 Å². The predicted octanol–water partition coefficient (Wildman–Crippen LogP) is 3.87. The van der Waals surface area contributed by atoms with Gasteiger partial charge in [0.15, 0.2) is 0 Å². The summed E-state index contributed by atoms with van der Waals surface area (Å²) in [4.78, 5) is 0. The third kappa shape index (κ3) is 3.50. The van der Waals surface area contributed by atoms with Crippen LogP contribution in [0.4, 0.5) is 0 Å². The first kappa shape index (κ1) is 17.1. The van der Waals surface area contributed by atoms with Gasteiger partial charge in [-0.25, -0.2) is 0 Å². The molecule has 0 bridgehead atoms. The zero-order chi connectivity index (χ0) is 17.4. The molecule has 0 saturated carbocycles. The minimum absolute atomic E-state index is 0.315. The highest BCUT2D eigenvalue weighted by Gasteiger charge is 2.51. The van der Waals surface area contributed by atoms with Gasteiger partial charge in [-0.05, 0) is 57.8 Å². The predicted molar refractivity (Wildman–Crippen MR) is 97.7 cm³/mol. The summed E-state index contributed by atoms with van der Waals surface area (Å²) in [5, 5.41) is 0. The molecule has 0 unspecified atom stereocenters. The zero-order valence-electron chi connectivity index (χ0n) is 15.1. The molecule has 2 aromatic carbocycles. The Morgan fingerprint density at radius 3 is 1.92 bits per heavy atom. The van der Waals surface area contributed by atoms with Crippen molar-refractivity contribution in [1.82, 2.24) is 0 Å². The Hall–Kier alpha value is -1.78. The molecule has 2 aromatic rings. The second kappa shape index (κ2) is 6.27. The minimum Gasteiger partial charge on any atom is -0.489 e. The number of aryl methyl sites for hydroxylation is 1. The first-order chi connectivity index (χ1) is 11.3. The van der Waals surface area contributed by atoms with Gasteiger partial charge in [0.2, 0.25) is 0 Å². The molecule has 0 amide bonds. The van der Waals surface area contributed by atoms with Gasteiger partial charge in [-0.3, -0.25) is 0 Å². The van der Waals surface area contributed by atoms with Crippen LogP contribution in [-0.4, -0.2) is 18.3 Å². The van der Waals surface area contributed by atoms with Crippen molar-refractivity contribution in [2.24, 2.45) is 0 Å². The number of benzene rings is 2. The lowest BCUT2D eigenvalue weighted by Gasteiger charge is -2.32. The number of rotatable bonds is 4. The Morgan fingerprint density at radius 1 is 0.833 bits per heavy atom. The normalized spacial score (nSPS) is 18.6. The van der Waals surface area contributed by atoms with Crippen LogP contribution in [0, 0.1) is 6.92 Å². The van der Waals surface area contributed by atoms with Gasteiger partial charge in [0.05, 0.1) is 11.2 Å². The SMILES string of the molecule is Cc1ccc(OCc2ccc(B3OC(C)(C)C(C)(C)O3)cc2)cc1. The third-order valence-corrected chi connectivity index (χ3v) is 4.93. The molecule has 0 aliphatic carbocycles. The van der Waals surface area contributed by atoms with Crippen molar-refractivity contribution >= 4 is 12.6 Å². The van der Waals surface area contributed by atoms with Crippen LogP contribution in [0.2, 0.25) is 0 Å².